The van der Waals surface area contributed by atoms with E-state index in [4.69, 9.17) is 32.7 Å². The molecule has 0 saturated carbocycles. The van der Waals surface area contributed by atoms with Gasteiger partial charge in [0.05, 0.1) is 26.0 Å². The first-order chi connectivity index (χ1) is 17.4. The minimum absolute atomic E-state index is 0.128. The predicted octanol–water partition coefficient (Wildman–Crippen LogP) is 7.90. The molecule has 188 valence electrons. The largest absolute Gasteiger partial charge is 0.490 e. The minimum atomic E-state index is -0.250. The first kappa shape index (κ1) is 26.7. The van der Waals surface area contributed by atoms with Crippen LogP contribution in [0.4, 0.5) is 5.69 Å². The first-order valence-electron chi connectivity index (χ1n) is 11.4. The summed E-state index contributed by atoms with van der Waals surface area (Å²) in [7, 11) is 0. The van der Waals surface area contributed by atoms with Crippen LogP contribution in [0, 0.1) is 0 Å². The van der Waals surface area contributed by atoms with Gasteiger partial charge in [-0.15, -0.1) is 0 Å². The molecule has 3 aromatic rings. The fourth-order valence-electron chi connectivity index (χ4n) is 3.56. The maximum atomic E-state index is 12.6. The molecule has 0 bridgehead atoms. The van der Waals surface area contributed by atoms with Gasteiger partial charge in [0.15, 0.2) is 17.0 Å². The van der Waals surface area contributed by atoms with Crippen molar-refractivity contribution in [3.8, 4) is 11.5 Å². The molecule has 1 aliphatic rings. The summed E-state index contributed by atoms with van der Waals surface area (Å²) >= 11 is 17.2. The number of halogens is 3. The van der Waals surface area contributed by atoms with E-state index in [9.17, 15) is 4.79 Å². The monoisotopic (exact) mass is 606 g/mol. The van der Waals surface area contributed by atoms with E-state index in [0.29, 0.717) is 39.7 Å². The highest BCUT2D eigenvalue weighted by atomic mass is 79.9. The molecule has 2 N–H and O–H groups in total. The van der Waals surface area contributed by atoms with E-state index in [1.807, 2.05) is 43.3 Å². The Hall–Kier alpha value is -2.32. The summed E-state index contributed by atoms with van der Waals surface area (Å²) in [4.78, 5) is 13.2. The lowest BCUT2D eigenvalue weighted by molar-refractivity contribution is -0.116. The van der Waals surface area contributed by atoms with Crippen LogP contribution in [0.15, 0.2) is 64.0 Å². The van der Waals surface area contributed by atoms with Crippen molar-refractivity contribution in [1.29, 1.82) is 0 Å². The highest BCUT2D eigenvalue weighted by Crippen LogP contribution is 2.39. The van der Waals surface area contributed by atoms with E-state index in [1.165, 1.54) is 17.3 Å². The Morgan fingerprint density at radius 3 is 2.47 bits per heavy atom. The summed E-state index contributed by atoms with van der Waals surface area (Å²) in [5, 5.41) is 7.29. The molecule has 0 spiro atoms. The number of hydrogen-bond donors (Lipinski definition) is 2. The molecule has 5 nitrogen and oxygen atoms in total. The van der Waals surface area contributed by atoms with Crippen LogP contribution in [0.2, 0.25) is 10.0 Å². The van der Waals surface area contributed by atoms with E-state index in [2.05, 4.69) is 45.6 Å². The van der Waals surface area contributed by atoms with Crippen molar-refractivity contribution < 1.29 is 14.3 Å². The maximum absolute atomic E-state index is 12.6. The minimum Gasteiger partial charge on any atom is -0.490 e. The van der Waals surface area contributed by atoms with Gasteiger partial charge in [0.2, 0.25) is 0 Å². The van der Waals surface area contributed by atoms with Crippen LogP contribution in [-0.2, 0) is 17.8 Å². The Morgan fingerprint density at radius 2 is 1.78 bits per heavy atom. The lowest BCUT2D eigenvalue weighted by Crippen LogP contribution is -2.30. The zero-order valence-corrected chi connectivity index (χ0v) is 23.7. The van der Waals surface area contributed by atoms with Gasteiger partial charge in [-0.3, -0.25) is 4.79 Å². The van der Waals surface area contributed by atoms with Gasteiger partial charge in [-0.05, 0) is 88.4 Å². The second kappa shape index (κ2) is 12.3. The molecule has 4 rings (SSSR count). The molecule has 1 heterocycles. The number of carbonyl (C=O) groups excluding carboxylic acids is 1. The third-order valence-corrected chi connectivity index (χ3v) is 7.74. The van der Waals surface area contributed by atoms with Gasteiger partial charge in [0.1, 0.15) is 6.61 Å². The van der Waals surface area contributed by atoms with Crippen LogP contribution in [-0.4, -0.2) is 18.0 Å². The Morgan fingerprint density at radius 1 is 1.03 bits per heavy atom. The van der Waals surface area contributed by atoms with Gasteiger partial charge < -0.3 is 20.1 Å². The van der Waals surface area contributed by atoms with Crippen LogP contribution in [0.3, 0.4) is 0 Å². The topological polar surface area (TPSA) is 59.6 Å². The van der Waals surface area contributed by atoms with Crippen molar-refractivity contribution in [3.05, 3.63) is 90.7 Å². The first-order valence-corrected chi connectivity index (χ1v) is 13.9. The number of ether oxygens (including phenoxy) is 2. The van der Waals surface area contributed by atoms with Gasteiger partial charge in [-0.25, -0.2) is 0 Å². The molecule has 0 aromatic heterocycles. The summed E-state index contributed by atoms with van der Waals surface area (Å²) in [5.41, 5.74) is 3.67. The van der Waals surface area contributed by atoms with Crippen LogP contribution in [0.25, 0.3) is 6.08 Å². The highest BCUT2D eigenvalue weighted by Gasteiger charge is 2.27. The number of carbonyl (C=O) groups is 1. The normalized spacial score (nSPS) is 16.2. The van der Waals surface area contributed by atoms with Crippen molar-refractivity contribution in [2.24, 2.45) is 0 Å². The molecule has 3 aromatic carbocycles. The molecule has 36 heavy (non-hydrogen) atoms. The number of rotatable bonds is 9. The van der Waals surface area contributed by atoms with E-state index in [0.717, 1.165) is 27.7 Å². The molecule has 0 unspecified atom stereocenters. The van der Waals surface area contributed by atoms with Gasteiger partial charge in [0, 0.05) is 5.69 Å². The summed E-state index contributed by atoms with van der Waals surface area (Å²) < 4.78 is 12.6. The van der Waals surface area contributed by atoms with E-state index < -0.39 is 0 Å². The van der Waals surface area contributed by atoms with E-state index >= 15 is 0 Å². The van der Waals surface area contributed by atoms with Crippen molar-refractivity contribution in [3.63, 3.8) is 0 Å². The third-order valence-electron chi connectivity index (χ3n) is 5.39. The summed E-state index contributed by atoms with van der Waals surface area (Å²) in [5.74, 6) is 1.02. The average Bonchev–Trinajstić information content (AvgIpc) is 3.19. The fourth-order valence-corrected chi connectivity index (χ4v) is 5.44. The van der Waals surface area contributed by atoms with Gasteiger partial charge in [-0.1, -0.05) is 60.1 Å². The molecule has 1 saturated heterocycles. The second-order valence-electron chi connectivity index (χ2n) is 7.97. The zero-order chi connectivity index (χ0) is 25.7. The number of aryl methyl sites for hydroxylation is 1. The Bertz CT molecular complexity index is 1280. The number of amides is 1. The molecule has 1 aliphatic heterocycles. The van der Waals surface area contributed by atoms with Crippen molar-refractivity contribution >= 4 is 68.6 Å². The lowest BCUT2D eigenvalue weighted by Gasteiger charge is -2.15. The highest BCUT2D eigenvalue weighted by molar-refractivity contribution is 9.10. The zero-order valence-electron chi connectivity index (χ0n) is 19.7. The number of hydrogen-bond acceptors (Lipinski definition) is 5. The van der Waals surface area contributed by atoms with E-state index in [-0.39, 0.29) is 11.4 Å². The summed E-state index contributed by atoms with van der Waals surface area (Å²) in [6, 6.07) is 17.3. The number of benzene rings is 3. The molecular weight excluding hydrogens is 583 g/mol. The van der Waals surface area contributed by atoms with Crippen LogP contribution in [0.1, 0.15) is 30.5 Å². The fraction of sp³-hybridized carbons (Fsp3) is 0.222. The number of nitrogens with one attached hydrogen (secondary N) is 2. The Kier molecular flexibility index (Phi) is 9.12. The maximum Gasteiger partial charge on any atom is 0.260 e. The molecular formula is C27H25BrCl2N2O3S. The molecule has 9 heteroatoms. The number of anilines is 1. The Balaban J connectivity index is 1.49. The summed E-state index contributed by atoms with van der Waals surface area (Å²) in [6.07, 6.45) is 2.83. The van der Waals surface area contributed by atoms with Gasteiger partial charge >= 0.3 is 0 Å². The predicted molar refractivity (Wildman–Crippen MR) is 153 cm³/mol. The SMILES string of the molecule is CCOc1cc(/C=C2\S[C@@H](Nc3ccc(CC)cc3)NC2=O)cc(Br)c1OCc1ccc(Cl)c(Cl)c1. The van der Waals surface area contributed by atoms with Crippen molar-refractivity contribution in [2.45, 2.75) is 32.4 Å². The van der Waals surface area contributed by atoms with Crippen molar-refractivity contribution in [2.75, 3.05) is 11.9 Å². The second-order valence-corrected chi connectivity index (χ2v) is 10.8. The van der Waals surface area contributed by atoms with E-state index in [1.54, 1.807) is 12.1 Å². The molecule has 0 aliphatic carbocycles. The molecule has 1 atom stereocenters. The van der Waals surface area contributed by atoms with Crippen LogP contribution >= 0.6 is 50.9 Å². The van der Waals surface area contributed by atoms with Crippen molar-refractivity contribution in [1.82, 2.24) is 5.32 Å². The Labute approximate surface area is 233 Å². The lowest BCUT2D eigenvalue weighted by atomic mass is 10.1. The standard InChI is InChI=1S/C27H25BrCl2N2O3S/c1-3-16-5-8-19(9-6-16)31-27-32-26(33)24(36-27)14-18-11-20(28)25(23(13-18)34-4-2)35-15-17-7-10-21(29)22(30)12-17/h5-14,27,31H,3-4,15H2,1-2H3,(H,32,33)/b24-14-/t27-/m0/s1. The summed E-state index contributed by atoms with van der Waals surface area (Å²) in [6.45, 7) is 4.79. The smallest absolute Gasteiger partial charge is 0.260 e. The average molecular weight is 608 g/mol. The quantitative estimate of drug-likeness (QED) is 0.242. The van der Waals surface area contributed by atoms with Gasteiger partial charge in [-0.2, -0.15) is 0 Å². The molecule has 1 fully saturated rings. The number of thioether (sulfide) groups is 1. The molecule has 1 amide bonds. The molecule has 0 radical (unpaired) electrons. The van der Waals surface area contributed by atoms with Crippen LogP contribution in [0.5, 0.6) is 11.5 Å². The van der Waals surface area contributed by atoms with Crippen LogP contribution < -0.4 is 20.1 Å². The van der Waals surface area contributed by atoms with Gasteiger partial charge in [0.25, 0.3) is 5.91 Å². The third kappa shape index (κ3) is 6.71.